The van der Waals surface area contributed by atoms with Crippen LogP contribution in [0.25, 0.3) is 6.08 Å². The van der Waals surface area contributed by atoms with Gasteiger partial charge in [-0.3, -0.25) is 30.6 Å². The number of rotatable bonds is 6. The molecule has 4 N–H and O–H groups in total. The molecule has 0 aliphatic heterocycles. The van der Waals surface area contributed by atoms with Crippen LogP contribution < -0.4 is 21.5 Å². The minimum absolute atomic E-state index is 0.0375. The highest BCUT2D eigenvalue weighted by Crippen LogP contribution is 2.10. The fourth-order valence-electron chi connectivity index (χ4n) is 2.26. The summed E-state index contributed by atoms with van der Waals surface area (Å²) in [6, 6.07) is 15.8. The van der Waals surface area contributed by atoms with Crippen LogP contribution in [0.4, 0.5) is 5.69 Å². The number of thiocarbonyl (C=S) groups is 1. The van der Waals surface area contributed by atoms with E-state index >= 15 is 0 Å². The number of anilines is 1. The monoisotopic (exact) mass is 410 g/mol. The lowest BCUT2D eigenvalue weighted by atomic mass is 10.2. The lowest BCUT2D eigenvalue weighted by Gasteiger charge is -2.10. The number of hydrazine groups is 1. The first kappa shape index (κ1) is 21.8. The largest absolute Gasteiger partial charge is 0.326 e. The lowest BCUT2D eigenvalue weighted by molar-refractivity contribution is -0.116. The van der Waals surface area contributed by atoms with Gasteiger partial charge in [0.25, 0.3) is 5.91 Å². The number of hydrogen-bond acceptors (Lipinski definition) is 4. The Labute approximate surface area is 174 Å². The van der Waals surface area contributed by atoms with Crippen molar-refractivity contribution in [1.29, 1.82) is 0 Å². The van der Waals surface area contributed by atoms with Gasteiger partial charge in [0.15, 0.2) is 5.11 Å². The molecule has 0 bridgehead atoms. The number of carbonyl (C=O) groups excluding carboxylic acids is 3. The van der Waals surface area contributed by atoms with E-state index in [-0.39, 0.29) is 11.0 Å². The highest BCUT2D eigenvalue weighted by Gasteiger charge is 2.08. The molecule has 0 fully saturated rings. The summed E-state index contributed by atoms with van der Waals surface area (Å²) in [6.07, 6.45) is 4.19. The summed E-state index contributed by atoms with van der Waals surface area (Å²) in [5, 5.41) is 5.14. The molecule has 2 rings (SSSR count). The Morgan fingerprint density at radius 1 is 0.966 bits per heavy atom. The topological polar surface area (TPSA) is 99.3 Å². The van der Waals surface area contributed by atoms with Gasteiger partial charge >= 0.3 is 0 Å². The number of carbonyl (C=O) groups is 3. The number of hydrogen-bond donors (Lipinski definition) is 4. The number of benzene rings is 2. The van der Waals surface area contributed by atoms with E-state index in [1.807, 2.05) is 37.3 Å². The first-order chi connectivity index (χ1) is 14.0. The van der Waals surface area contributed by atoms with Gasteiger partial charge in [-0.25, -0.2) is 0 Å². The maximum Gasteiger partial charge on any atom is 0.269 e. The third-order valence-corrected chi connectivity index (χ3v) is 3.87. The van der Waals surface area contributed by atoms with Crippen molar-refractivity contribution >= 4 is 46.8 Å². The van der Waals surface area contributed by atoms with E-state index in [2.05, 4.69) is 21.5 Å². The third-order valence-electron chi connectivity index (χ3n) is 3.66. The Kier molecular flexibility index (Phi) is 8.52. The zero-order valence-corrected chi connectivity index (χ0v) is 16.7. The summed E-state index contributed by atoms with van der Waals surface area (Å²) < 4.78 is 0. The fourth-order valence-corrected chi connectivity index (χ4v) is 2.41. The summed E-state index contributed by atoms with van der Waals surface area (Å²) in [4.78, 5) is 35.5. The van der Waals surface area contributed by atoms with Crippen LogP contribution in [0.3, 0.4) is 0 Å². The van der Waals surface area contributed by atoms with Gasteiger partial charge in [0, 0.05) is 23.7 Å². The van der Waals surface area contributed by atoms with E-state index in [9.17, 15) is 14.4 Å². The number of amides is 3. The molecule has 2 aromatic carbocycles. The molecular weight excluding hydrogens is 388 g/mol. The normalized spacial score (nSPS) is 10.2. The minimum Gasteiger partial charge on any atom is -0.326 e. The third kappa shape index (κ3) is 7.94. The fraction of sp³-hybridized carbons (Fsp3) is 0.143. The van der Waals surface area contributed by atoms with Gasteiger partial charge in [-0.2, -0.15) is 0 Å². The van der Waals surface area contributed by atoms with E-state index in [1.165, 1.54) is 6.08 Å². The Hall–Kier alpha value is -3.52. The van der Waals surface area contributed by atoms with Gasteiger partial charge in [-0.05, 0) is 54.5 Å². The van der Waals surface area contributed by atoms with Crippen LogP contribution >= 0.6 is 12.2 Å². The molecule has 8 heteroatoms. The van der Waals surface area contributed by atoms with Gasteiger partial charge in [0.05, 0.1) is 0 Å². The van der Waals surface area contributed by atoms with Crippen LogP contribution in [0.2, 0.25) is 0 Å². The van der Waals surface area contributed by atoms with Crippen molar-refractivity contribution in [2.45, 2.75) is 19.8 Å². The smallest absolute Gasteiger partial charge is 0.269 e. The Bertz CT molecular complexity index is 896. The highest BCUT2D eigenvalue weighted by atomic mass is 32.1. The highest BCUT2D eigenvalue weighted by molar-refractivity contribution is 7.80. The van der Waals surface area contributed by atoms with Gasteiger partial charge in [0.1, 0.15) is 0 Å². The van der Waals surface area contributed by atoms with Crippen LogP contribution in [0.5, 0.6) is 0 Å². The predicted molar refractivity (Wildman–Crippen MR) is 117 cm³/mol. The minimum atomic E-state index is -0.437. The summed E-state index contributed by atoms with van der Waals surface area (Å²) >= 11 is 4.98. The van der Waals surface area contributed by atoms with E-state index in [4.69, 9.17) is 12.2 Å². The average molecular weight is 410 g/mol. The van der Waals surface area contributed by atoms with Crippen molar-refractivity contribution in [3.63, 3.8) is 0 Å². The van der Waals surface area contributed by atoms with Gasteiger partial charge in [-0.15, -0.1) is 0 Å². The predicted octanol–water partition coefficient (Wildman–Crippen LogP) is 2.77. The SMILES string of the molecule is CCCC(=O)Nc1ccc(C(=O)NNC(=S)NC(=O)C=Cc2ccccc2)cc1. The van der Waals surface area contributed by atoms with E-state index in [1.54, 1.807) is 30.3 Å². The summed E-state index contributed by atoms with van der Waals surface area (Å²) in [5.41, 5.74) is 6.73. The maximum atomic E-state index is 12.1. The summed E-state index contributed by atoms with van der Waals surface area (Å²) in [6.45, 7) is 1.92. The molecule has 0 heterocycles. The van der Waals surface area contributed by atoms with Crippen molar-refractivity contribution in [1.82, 2.24) is 16.2 Å². The molecule has 0 aliphatic rings. The van der Waals surface area contributed by atoms with E-state index in [0.29, 0.717) is 17.7 Å². The van der Waals surface area contributed by atoms with Crippen molar-refractivity contribution in [2.24, 2.45) is 0 Å². The molecule has 0 radical (unpaired) electrons. The molecule has 0 spiro atoms. The standard InChI is InChI=1S/C21H22N4O3S/c1-2-6-18(26)22-17-12-10-16(11-13-17)20(28)24-25-21(29)23-19(27)14-9-15-7-4-3-5-8-15/h3-5,7-14H,2,6H2,1H3,(H,22,26)(H,24,28)(H2,23,25,27,29). The second-order valence-electron chi connectivity index (χ2n) is 6.02. The molecule has 0 aromatic heterocycles. The quantitative estimate of drug-likeness (QED) is 0.333. The van der Waals surface area contributed by atoms with Crippen LogP contribution in [-0.2, 0) is 9.59 Å². The van der Waals surface area contributed by atoms with Crippen molar-refractivity contribution < 1.29 is 14.4 Å². The molecule has 0 aliphatic carbocycles. The Balaban J connectivity index is 1.77. The molecule has 3 amide bonds. The van der Waals surface area contributed by atoms with Crippen molar-refractivity contribution in [3.05, 3.63) is 71.8 Å². The first-order valence-electron chi connectivity index (χ1n) is 9.02. The van der Waals surface area contributed by atoms with Gasteiger partial charge < -0.3 is 5.32 Å². The van der Waals surface area contributed by atoms with Gasteiger partial charge in [-0.1, -0.05) is 37.3 Å². The van der Waals surface area contributed by atoms with Crippen molar-refractivity contribution in [3.8, 4) is 0 Å². The first-order valence-corrected chi connectivity index (χ1v) is 9.43. The molecular formula is C21H22N4O3S. The average Bonchev–Trinajstić information content (AvgIpc) is 2.72. The van der Waals surface area contributed by atoms with Crippen LogP contribution in [-0.4, -0.2) is 22.8 Å². The second-order valence-corrected chi connectivity index (χ2v) is 6.43. The van der Waals surface area contributed by atoms with Crippen molar-refractivity contribution in [2.75, 3.05) is 5.32 Å². The van der Waals surface area contributed by atoms with Crippen LogP contribution in [0.1, 0.15) is 35.7 Å². The zero-order chi connectivity index (χ0) is 21.1. The lowest BCUT2D eigenvalue weighted by Crippen LogP contribution is -2.48. The summed E-state index contributed by atoms with van der Waals surface area (Å²) in [5.74, 6) is -0.936. The molecule has 0 atom stereocenters. The maximum absolute atomic E-state index is 12.1. The number of nitrogens with one attached hydrogen (secondary N) is 4. The van der Waals surface area contributed by atoms with Crippen LogP contribution in [0, 0.1) is 0 Å². The molecule has 7 nitrogen and oxygen atoms in total. The Morgan fingerprint density at radius 2 is 1.66 bits per heavy atom. The molecule has 2 aromatic rings. The second kappa shape index (κ2) is 11.4. The summed E-state index contributed by atoms with van der Waals surface area (Å²) in [7, 11) is 0. The molecule has 0 saturated heterocycles. The Morgan fingerprint density at radius 3 is 2.31 bits per heavy atom. The van der Waals surface area contributed by atoms with Crippen LogP contribution in [0.15, 0.2) is 60.7 Å². The molecule has 0 unspecified atom stereocenters. The molecule has 0 saturated carbocycles. The molecule has 150 valence electrons. The van der Waals surface area contributed by atoms with E-state index in [0.717, 1.165) is 12.0 Å². The van der Waals surface area contributed by atoms with Gasteiger partial charge in [0.2, 0.25) is 11.8 Å². The zero-order valence-electron chi connectivity index (χ0n) is 15.9. The molecule has 29 heavy (non-hydrogen) atoms. The van der Waals surface area contributed by atoms with E-state index < -0.39 is 11.8 Å².